The number of rotatable bonds is 9. The van der Waals surface area contributed by atoms with Gasteiger partial charge in [0.2, 0.25) is 11.8 Å². The van der Waals surface area contributed by atoms with Crippen LogP contribution in [0.25, 0.3) is 0 Å². The number of amides is 2. The zero-order chi connectivity index (χ0) is 27.3. The van der Waals surface area contributed by atoms with E-state index in [2.05, 4.69) is 10.6 Å². The van der Waals surface area contributed by atoms with Gasteiger partial charge in [-0.05, 0) is 37.3 Å². The van der Waals surface area contributed by atoms with Gasteiger partial charge in [-0.25, -0.2) is 0 Å². The number of hydrogen-bond acceptors (Lipinski definition) is 6. The second kappa shape index (κ2) is 15.1. The number of allylic oxidation sites excluding steroid dienone is 2. The van der Waals surface area contributed by atoms with Crippen LogP contribution in [-0.2, 0) is 30.3 Å². The Morgan fingerprint density at radius 3 is 2.32 bits per heavy atom. The molecule has 3 N–H and O–H groups in total. The molecule has 0 aliphatic carbocycles. The fraction of sp³-hybridized carbons (Fsp3) is 0.433. The Balaban J connectivity index is 1.93. The zero-order valence-electron chi connectivity index (χ0n) is 22.0. The molecule has 0 aromatic heterocycles. The summed E-state index contributed by atoms with van der Waals surface area (Å²) >= 11 is 0. The van der Waals surface area contributed by atoms with Crippen LogP contribution in [0.2, 0.25) is 0 Å². The molecule has 0 radical (unpaired) electrons. The molecule has 8 nitrogen and oxygen atoms in total. The minimum absolute atomic E-state index is 0.0382. The van der Waals surface area contributed by atoms with Crippen LogP contribution < -0.4 is 10.6 Å². The van der Waals surface area contributed by atoms with Crippen molar-refractivity contribution in [2.24, 2.45) is 11.8 Å². The first-order valence-corrected chi connectivity index (χ1v) is 13.0. The summed E-state index contributed by atoms with van der Waals surface area (Å²) in [5, 5.41) is 15.0. The average molecular weight is 523 g/mol. The Bertz CT molecular complexity index is 1060. The van der Waals surface area contributed by atoms with Gasteiger partial charge in [0.25, 0.3) is 0 Å². The Hall–Kier alpha value is -3.49. The standard InChI is InChI=1S/C30H38N2O6/c1-21(19-33)31-27(34)18-24-15-9-10-16-25(17-22-11-5-3-6-12-22)30(36)38-28(23-13-7-4-8-14-23)26(20-37-2)32-29(24)35/h3-14,21,24-26,28,33H,15-20H2,1-2H3,(H,31,34)(H,32,35)/t21-,24-,25-,26+,28+/m1/s1. The summed E-state index contributed by atoms with van der Waals surface area (Å²) in [5.41, 5.74) is 1.76. The van der Waals surface area contributed by atoms with Gasteiger partial charge in [-0.3, -0.25) is 14.4 Å². The van der Waals surface area contributed by atoms with E-state index < -0.39 is 30.0 Å². The first kappa shape index (κ1) is 29.1. The number of benzene rings is 2. The van der Waals surface area contributed by atoms with Crippen LogP contribution in [0, 0.1) is 11.8 Å². The highest BCUT2D eigenvalue weighted by Gasteiger charge is 2.33. The maximum absolute atomic E-state index is 13.5. The minimum Gasteiger partial charge on any atom is -0.455 e. The van der Waals surface area contributed by atoms with E-state index >= 15 is 0 Å². The van der Waals surface area contributed by atoms with Crippen molar-refractivity contribution in [3.8, 4) is 0 Å². The second-order valence-electron chi connectivity index (χ2n) is 9.72. The second-order valence-corrected chi connectivity index (χ2v) is 9.72. The third-order valence-electron chi connectivity index (χ3n) is 6.56. The molecular weight excluding hydrogens is 484 g/mol. The fourth-order valence-corrected chi connectivity index (χ4v) is 4.50. The SMILES string of the molecule is COC[C@@H]1NC(=O)[C@@H](CC(=O)N[C@H](C)CO)CC=CC[C@H](Cc2ccccc2)C(=O)O[C@H]1c1ccccc1. The summed E-state index contributed by atoms with van der Waals surface area (Å²) in [7, 11) is 1.52. The molecule has 204 valence electrons. The number of esters is 1. The molecule has 2 aromatic carbocycles. The number of carbonyl (C=O) groups excluding carboxylic acids is 3. The number of nitrogens with one attached hydrogen (secondary N) is 2. The van der Waals surface area contributed by atoms with E-state index in [0.717, 1.165) is 11.1 Å². The predicted octanol–water partition coefficient (Wildman–Crippen LogP) is 3.11. The highest BCUT2D eigenvalue weighted by molar-refractivity contribution is 5.86. The smallest absolute Gasteiger partial charge is 0.310 e. The largest absolute Gasteiger partial charge is 0.455 e. The Labute approximate surface area is 224 Å². The summed E-state index contributed by atoms with van der Waals surface area (Å²) in [4.78, 5) is 39.5. The van der Waals surface area contributed by atoms with E-state index in [9.17, 15) is 19.5 Å². The maximum atomic E-state index is 13.5. The molecular formula is C30H38N2O6. The van der Waals surface area contributed by atoms with Crippen molar-refractivity contribution in [2.75, 3.05) is 20.3 Å². The van der Waals surface area contributed by atoms with Crippen molar-refractivity contribution in [3.63, 3.8) is 0 Å². The van der Waals surface area contributed by atoms with E-state index in [1.165, 1.54) is 7.11 Å². The van der Waals surface area contributed by atoms with Crippen molar-refractivity contribution in [1.82, 2.24) is 10.6 Å². The third-order valence-corrected chi connectivity index (χ3v) is 6.56. The summed E-state index contributed by atoms with van der Waals surface area (Å²) < 4.78 is 11.5. The predicted molar refractivity (Wildman–Crippen MR) is 144 cm³/mol. The molecule has 1 aliphatic heterocycles. The average Bonchev–Trinajstić information content (AvgIpc) is 2.92. The Kier molecular flexibility index (Phi) is 11.5. The molecule has 2 aromatic rings. The molecule has 1 heterocycles. The molecule has 0 fully saturated rings. The first-order valence-electron chi connectivity index (χ1n) is 13.0. The van der Waals surface area contributed by atoms with Gasteiger partial charge >= 0.3 is 5.97 Å². The number of aliphatic hydroxyl groups is 1. The Morgan fingerprint density at radius 2 is 1.68 bits per heavy atom. The lowest BCUT2D eigenvalue weighted by Crippen LogP contribution is -2.47. The van der Waals surface area contributed by atoms with Crippen LogP contribution in [0.1, 0.15) is 43.4 Å². The first-order chi connectivity index (χ1) is 18.4. The highest BCUT2D eigenvalue weighted by atomic mass is 16.5. The van der Waals surface area contributed by atoms with E-state index in [4.69, 9.17) is 9.47 Å². The summed E-state index contributed by atoms with van der Waals surface area (Å²) in [6.07, 6.45) is 4.19. The van der Waals surface area contributed by atoms with Crippen LogP contribution in [0.3, 0.4) is 0 Å². The van der Waals surface area contributed by atoms with Crippen LogP contribution in [0.15, 0.2) is 72.8 Å². The quantitative estimate of drug-likeness (QED) is 0.345. The molecule has 1 aliphatic rings. The molecule has 0 saturated heterocycles. The van der Waals surface area contributed by atoms with Gasteiger partial charge in [0, 0.05) is 19.6 Å². The summed E-state index contributed by atoms with van der Waals surface area (Å²) in [6, 6.07) is 18.0. The van der Waals surface area contributed by atoms with Crippen molar-refractivity contribution < 1.29 is 29.0 Å². The summed E-state index contributed by atoms with van der Waals surface area (Å²) in [5.74, 6) is -2.07. The summed E-state index contributed by atoms with van der Waals surface area (Å²) in [6.45, 7) is 1.61. The third kappa shape index (κ3) is 8.82. The van der Waals surface area contributed by atoms with Gasteiger partial charge < -0.3 is 25.2 Å². The normalized spacial score (nSPS) is 23.3. The molecule has 3 rings (SSSR count). The molecule has 5 atom stereocenters. The van der Waals surface area contributed by atoms with E-state index in [1.54, 1.807) is 6.92 Å². The zero-order valence-corrected chi connectivity index (χ0v) is 22.0. The fourth-order valence-electron chi connectivity index (χ4n) is 4.50. The van der Waals surface area contributed by atoms with Gasteiger partial charge in [-0.2, -0.15) is 0 Å². The lowest BCUT2D eigenvalue weighted by atomic mass is 9.93. The van der Waals surface area contributed by atoms with E-state index in [1.807, 2.05) is 72.8 Å². The van der Waals surface area contributed by atoms with E-state index in [0.29, 0.717) is 19.3 Å². The van der Waals surface area contributed by atoms with Crippen molar-refractivity contribution >= 4 is 17.8 Å². The molecule has 38 heavy (non-hydrogen) atoms. The van der Waals surface area contributed by atoms with Gasteiger partial charge in [0.05, 0.1) is 31.1 Å². The van der Waals surface area contributed by atoms with Crippen LogP contribution in [0.5, 0.6) is 0 Å². The molecule has 0 saturated carbocycles. The van der Waals surface area contributed by atoms with Gasteiger partial charge in [0.15, 0.2) is 0 Å². The lowest BCUT2D eigenvalue weighted by Gasteiger charge is -2.31. The monoisotopic (exact) mass is 522 g/mol. The minimum atomic E-state index is -0.779. The van der Waals surface area contributed by atoms with Crippen molar-refractivity contribution in [1.29, 1.82) is 0 Å². The molecule has 0 spiro atoms. The Morgan fingerprint density at radius 1 is 1.05 bits per heavy atom. The van der Waals surface area contributed by atoms with E-state index in [-0.39, 0.29) is 37.4 Å². The number of methoxy groups -OCH3 is 1. The molecule has 0 unspecified atom stereocenters. The van der Waals surface area contributed by atoms with Gasteiger partial charge in [-0.15, -0.1) is 0 Å². The number of cyclic esters (lactones) is 1. The molecule has 8 heteroatoms. The maximum Gasteiger partial charge on any atom is 0.310 e. The van der Waals surface area contributed by atoms with Crippen LogP contribution in [-0.4, -0.2) is 55.3 Å². The van der Waals surface area contributed by atoms with Crippen molar-refractivity contribution in [3.05, 3.63) is 83.9 Å². The van der Waals surface area contributed by atoms with Crippen LogP contribution >= 0.6 is 0 Å². The number of aliphatic hydroxyl groups excluding tert-OH is 1. The van der Waals surface area contributed by atoms with Gasteiger partial charge in [0.1, 0.15) is 6.10 Å². The lowest BCUT2D eigenvalue weighted by molar-refractivity contribution is -0.158. The molecule has 0 bridgehead atoms. The van der Waals surface area contributed by atoms with Crippen LogP contribution in [0.4, 0.5) is 0 Å². The highest BCUT2D eigenvalue weighted by Crippen LogP contribution is 2.27. The van der Waals surface area contributed by atoms with Crippen molar-refractivity contribution in [2.45, 2.75) is 50.8 Å². The van der Waals surface area contributed by atoms with Gasteiger partial charge in [-0.1, -0.05) is 72.8 Å². The topological polar surface area (TPSA) is 114 Å². The number of hydrogen-bond donors (Lipinski definition) is 3. The molecule has 2 amide bonds. The number of carbonyl (C=O) groups is 3. The number of ether oxygens (including phenoxy) is 2.